The molecule has 0 aliphatic heterocycles. The number of carboxylic acid groups (broad SMARTS) is 1. The molecule has 11 heteroatoms. The zero-order valence-corrected chi connectivity index (χ0v) is 16.6. The molecule has 0 fully saturated rings. The highest BCUT2D eigenvalue weighted by atomic mass is 32.2. The molecule has 0 atom stereocenters. The van der Waals surface area contributed by atoms with Gasteiger partial charge in [0.15, 0.2) is 10.3 Å². The highest BCUT2D eigenvalue weighted by Crippen LogP contribution is 2.10. The quantitative estimate of drug-likeness (QED) is 0.281. The van der Waals surface area contributed by atoms with Crippen molar-refractivity contribution >= 4 is 50.9 Å². The molecule has 7 N–H and O–H groups in total. The number of aryl methyl sites for hydroxylation is 2. The average Bonchev–Trinajstić information content (AvgIpc) is 2.59. The van der Waals surface area contributed by atoms with Crippen LogP contribution in [0.2, 0.25) is 0 Å². The van der Waals surface area contributed by atoms with Crippen LogP contribution in [0.5, 0.6) is 0 Å². The van der Waals surface area contributed by atoms with E-state index < -0.39 is 11.4 Å². The predicted molar refractivity (Wildman–Crippen MR) is 112 cm³/mol. The Morgan fingerprint density at radius 2 is 1.78 bits per heavy atom. The second-order valence-electron chi connectivity index (χ2n) is 5.21. The molecule has 0 aliphatic carbocycles. The summed E-state index contributed by atoms with van der Waals surface area (Å²) >= 11 is 2.52. The first-order valence-corrected chi connectivity index (χ1v) is 9.82. The van der Waals surface area contributed by atoms with Gasteiger partial charge in [-0.2, -0.15) is 0 Å². The van der Waals surface area contributed by atoms with Crippen LogP contribution in [0.4, 0.5) is 0 Å². The van der Waals surface area contributed by atoms with Crippen LogP contribution in [-0.4, -0.2) is 42.5 Å². The Kier molecular flexibility index (Phi) is 8.82. The summed E-state index contributed by atoms with van der Waals surface area (Å²) in [4.78, 5) is 27.2. The maximum atomic E-state index is 11.9. The average molecular weight is 411 g/mol. The van der Waals surface area contributed by atoms with Crippen molar-refractivity contribution in [3.8, 4) is 0 Å². The van der Waals surface area contributed by atoms with Crippen LogP contribution in [0.25, 0.3) is 11.0 Å². The smallest absolute Gasteiger partial charge is 0.341 e. The lowest BCUT2D eigenvalue weighted by atomic mass is 10.2. The van der Waals surface area contributed by atoms with E-state index in [1.54, 1.807) is 16.7 Å². The van der Waals surface area contributed by atoms with Crippen LogP contribution in [0.15, 0.2) is 23.1 Å². The van der Waals surface area contributed by atoms with Gasteiger partial charge in [-0.05, 0) is 26.0 Å². The van der Waals surface area contributed by atoms with Crippen molar-refractivity contribution in [1.29, 1.82) is 10.8 Å². The van der Waals surface area contributed by atoms with Gasteiger partial charge in [-0.15, -0.1) is 0 Å². The van der Waals surface area contributed by atoms with Crippen LogP contribution < -0.4 is 16.9 Å². The number of nitrogens with one attached hydrogen (secondary N) is 2. The number of nitrogens with two attached hydrogens (primary N) is 2. The number of carboxylic acids is 1. The number of hydrogen-bond donors (Lipinski definition) is 5. The molecule has 0 aromatic carbocycles. The maximum Gasteiger partial charge on any atom is 0.341 e. The normalized spacial score (nSPS) is 10.1. The Morgan fingerprint density at radius 1 is 1.22 bits per heavy atom. The van der Waals surface area contributed by atoms with E-state index in [9.17, 15) is 9.59 Å². The highest BCUT2D eigenvalue weighted by molar-refractivity contribution is 8.16. The van der Waals surface area contributed by atoms with E-state index in [1.165, 1.54) is 29.7 Å². The van der Waals surface area contributed by atoms with Gasteiger partial charge in [0.25, 0.3) is 0 Å². The van der Waals surface area contributed by atoms with Crippen LogP contribution in [0.1, 0.15) is 23.0 Å². The largest absolute Gasteiger partial charge is 0.477 e. The van der Waals surface area contributed by atoms with Gasteiger partial charge in [0.1, 0.15) is 11.2 Å². The minimum Gasteiger partial charge on any atom is -0.477 e. The summed E-state index contributed by atoms with van der Waals surface area (Å²) in [5.41, 5.74) is 10.7. The van der Waals surface area contributed by atoms with E-state index in [1.807, 2.05) is 13.8 Å². The van der Waals surface area contributed by atoms with Gasteiger partial charge in [-0.25, -0.2) is 9.78 Å². The lowest BCUT2D eigenvalue weighted by molar-refractivity contribution is 0.0695. The molecular formula is C16H22N6O3S2. The van der Waals surface area contributed by atoms with E-state index in [2.05, 4.69) is 4.98 Å². The number of nitrogens with zero attached hydrogens (tertiary/aromatic N) is 2. The van der Waals surface area contributed by atoms with Crippen molar-refractivity contribution in [2.45, 2.75) is 20.4 Å². The molecule has 146 valence electrons. The molecule has 0 amide bonds. The Morgan fingerprint density at radius 3 is 2.22 bits per heavy atom. The Hall–Kier alpha value is -2.53. The van der Waals surface area contributed by atoms with Crippen LogP contribution in [-0.2, 0) is 6.54 Å². The first kappa shape index (κ1) is 22.5. The van der Waals surface area contributed by atoms with Crippen molar-refractivity contribution in [3.63, 3.8) is 0 Å². The summed E-state index contributed by atoms with van der Waals surface area (Å²) in [6.07, 6.45) is 1.35. The number of amidine groups is 2. The molecule has 9 nitrogen and oxygen atoms in total. The number of aromatic nitrogens is 2. The molecule has 2 heterocycles. The molecule has 0 spiro atoms. The first-order valence-electron chi connectivity index (χ1n) is 7.85. The molecule has 2 aromatic rings. The summed E-state index contributed by atoms with van der Waals surface area (Å²) in [7, 11) is 0. The molecule has 27 heavy (non-hydrogen) atoms. The monoisotopic (exact) mass is 410 g/mol. The summed E-state index contributed by atoms with van der Waals surface area (Å²) in [5, 5.41) is 23.2. The van der Waals surface area contributed by atoms with Crippen LogP contribution >= 0.6 is 23.5 Å². The number of pyridine rings is 2. The fourth-order valence-electron chi connectivity index (χ4n) is 2.06. The third kappa shape index (κ3) is 6.94. The number of thioether (sulfide) groups is 2. The molecule has 0 bridgehead atoms. The number of hydrogen-bond acceptors (Lipinski definition) is 7. The van der Waals surface area contributed by atoms with Crippen LogP contribution in [0, 0.1) is 17.7 Å². The zero-order chi connectivity index (χ0) is 20.6. The number of carbonyl (C=O) groups is 1. The third-order valence-electron chi connectivity index (χ3n) is 3.23. The van der Waals surface area contributed by atoms with E-state index in [0.29, 0.717) is 17.6 Å². The van der Waals surface area contributed by atoms with Gasteiger partial charge < -0.3 is 21.1 Å². The predicted octanol–water partition coefficient (Wildman–Crippen LogP) is 1.66. The van der Waals surface area contributed by atoms with Crippen molar-refractivity contribution in [1.82, 2.24) is 9.55 Å². The van der Waals surface area contributed by atoms with E-state index in [-0.39, 0.29) is 15.9 Å². The lowest BCUT2D eigenvalue weighted by Gasteiger charge is -2.09. The van der Waals surface area contributed by atoms with Gasteiger partial charge in [0, 0.05) is 29.9 Å². The van der Waals surface area contributed by atoms with Gasteiger partial charge in [0.05, 0.1) is 5.39 Å². The summed E-state index contributed by atoms with van der Waals surface area (Å²) in [5.74, 6) is 0.263. The molecular weight excluding hydrogens is 388 g/mol. The molecule has 2 rings (SSSR count). The van der Waals surface area contributed by atoms with Gasteiger partial charge in [0.2, 0.25) is 5.43 Å². The third-order valence-corrected chi connectivity index (χ3v) is 4.93. The van der Waals surface area contributed by atoms with E-state index in [0.717, 1.165) is 17.2 Å². The molecule has 0 saturated heterocycles. The number of rotatable bonds is 5. The van der Waals surface area contributed by atoms with Gasteiger partial charge >= 0.3 is 5.97 Å². The Balaban J connectivity index is 0.000000314. The standard InChI is InChI=1S/C12H12N2O3.C4H10N4S2/c1-3-14-6-9(12(16)17)10(15)8-5-4-7(2)13-11(8)14;5-3(6)9-1-2-10-4(7)8/h4-6H,3H2,1-2H3,(H,16,17);1-2H2,(H3,5,6)(H3,7,8). The number of aromatic carboxylic acids is 1. The number of fused-ring (bicyclic) bond motifs is 1. The maximum absolute atomic E-state index is 11.9. The van der Waals surface area contributed by atoms with Crippen molar-refractivity contribution in [2.75, 3.05) is 11.5 Å². The SMILES string of the molecule is CCn1cc(C(=O)O)c(=O)c2ccc(C)nc21.N=C(N)SCCSC(=N)N. The second-order valence-corrected chi connectivity index (χ2v) is 7.49. The molecule has 0 aliphatic rings. The van der Waals surface area contributed by atoms with E-state index >= 15 is 0 Å². The van der Waals surface area contributed by atoms with E-state index in [4.69, 9.17) is 27.4 Å². The van der Waals surface area contributed by atoms with Crippen molar-refractivity contribution in [2.24, 2.45) is 11.5 Å². The second kappa shape index (κ2) is 10.6. The molecule has 2 aromatic heterocycles. The molecule has 0 unspecified atom stereocenters. The Labute approximate surface area is 164 Å². The summed E-state index contributed by atoms with van der Waals surface area (Å²) < 4.78 is 1.67. The minimum absolute atomic E-state index is 0.115. The van der Waals surface area contributed by atoms with Gasteiger partial charge in [-0.3, -0.25) is 15.6 Å². The highest BCUT2D eigenvalue weighted by Gasteiger charge is 2.14. The van der Waals surface area contributed by atoms with Crippen molar-refractivity contribution in [3.05, 3.63) is 39.8 Å². The first-order chi connectivity index (χ1) is 12.7. The Bertz CT molecular complexity index is 897. The van der Waals surface area contributed by atoms with Crippen LogP contribution in [0.3, 0.4) is 0 Å². The van der Waals surface area contributed by atoms with Gasteiger partial charge in [-0.1, -0.05) is 23.5 Å². The summed E-state index contributed by atoms with van der Waals surface area (Å²) in [6, 6.07) is 3.33. The fourth-order valence-corrected chi connectivity index (χ4v) is 3.16. The molecule has 0 saturated carbocycles. The zero-order valence-electron chi connectivity index (χ0n) is 15.0. The fraction of sp³-hybridized carbons (Fsp3) is 0.312. The van der Waals surface area contributed by atoms with Crippen molar-refractivity contribution < 1.29 is 9.90 Å². The minimum atomic E-state index is -1.21. The lowest BCUT2D eigenvalue weighted by Crippen LogP contribution is -2.19. The topological polar surface area (TPSA) is 172 Å². The summed E-state index contributed by atoms with van der Waals surface area (Å²) in [6.45, 7) is 4.27. The molecule has 0 radical (unpaired) electrons.